The molecule has 1 heterocycles. The van der Waals surface area contributed by atoms with E-state index >= 15 is 0 Å². The molecule has 2 N–H and O–H groups in total. The van der Waals surface area contributed by atoms with Gasteiger partial charge in [0.15, 0.2) is 5.76 Å². The van der Waals surface area contributed by atoms with Crippen LogP contribution < -0.4 is 10.1 Å². The van der Waals surface area contributed by atoms with E-state index in [1.165, 1.54) is 11.1 Å². The molecular formula is C20H22NO2+. The van der Waals surface area contributed by atoms with E-state index in [-0.39, 0.29) is 0 Å². The van der Waals surface area contributed by atoms with Gasteiger partial charge in [0, 0.05) is 12.0 Å². The van der Waals surface area contributed by atoms with Crippen LogP contribution >= 0.6 is 0 Å². The Kier molecular flexibility index (Phi) is 5.12. The van der Waals surface area contributed by atoms with Crippen molar-refractivity contribution in [2.45, 2.75) is 19.0 Å². The second-order valence-corrected chi connectivity index (χ2v) is 5.59. The second kappa shape index (κ2) is 7.65. The van der Waals surface area contributed by atoms with Gasteiger partial charge in [-0.2, -0.15) is 0 Å². The molecule has 2 aromatic carbocycles. The van der Waals surface area contributed by atoms with Gasteiger partial charge in [0.2, 0.25) is 0 Å². The molecule has 0 saturated heterocycles. The van der Waals surface area contributed by atoms with Crippen LogP contribution in [-0.2, 0) is 13.0 Å². The molecule has 0 aliphatic rings. The number of nitrogens with two attached hydrogens (primary N) is 1. The fourth-order valence-electron chi connectivity index (χ4n) is 2.74. The summed E-state index contributed by atoms with van der Waals surface area (Å²) >= 11 is 0. The smallest absolute Gasteiger partial charge is 0.157 e. The lowest BCUT2D eigenvalue weighted by atomic mass is 9.98. The lowest BCUT2D eigenvalue weighted by molar-refractivity contribution is -0.712. The summed E-state index contributed by atoms with van der Waals surface area (Å²) < 4.78 is 10.7. The molecule has 1 aromatic heterocycles. The Hall–Kier alpha value is -2.52. The van der Waals surface area contributed by atoms with E-state index in [2.05, 4.69) is 47.8 Å². The van der Waals surface area contributed by atoms with Gasteiger partial charge in [-0.15, -0.1) is 0 Å². The molecule has 0 unspecified atom stereocenters. The van der Waals surface area contributed by atoms with E-state index < -0.39 is 0 Å². The van der Waals surface area contributed by atoms with Gasteiger partial charge < -0.3 is 14.5 Å². The van der Waals surface area contributed by atoms with Crippen molar-refractivity contribution in [3.05, 3.63) is 89.9 Å². The van der Waals surface area contributed by atoms with Crippen LogP contribution in [0.3, 0.4) is 0 Å². The average molecular weight is 308 g/mol. The number of benzene rings is 2. The van der Waals surface area contributed by atoms with Crippen LogP contribution in [0.4, 0.5) is 0 Å². The Morgan fingerprint density at radius 1 is 0.957 bits per heavy atom. The van der Waals surface area contributed by atoms with Crippen molar-refractivity contribution in [3.8, 4) is 5.75 Å². The molecule has 0 spiro atoms. The van der Waals surface area contributed by atoms with Crippen LogP contribution in [-0.4, -0.2) is 7.11 Å². The first kappa shape index (κ1) is 15.4. The highest BCUT2D eigenvalue weighted by atomic mass is 16.5. The fourth-order valence-corrected chi connectivity index (χ4v) is 2.74. The quantitative estimate of drug-likeness (QED) is 0.727. The third kappa shape index (κ3) is 4.24. The second-order valence-electron chi connectivity index (χ2n) is 5.59. The number of hydrogen-bond acceptors (Lipinski definition) is 2. The number of methoxy groups -OCH3 is 1. The van der Waals surface area contributed by atoms with Crippen molar-refractivity contribution in [2.24, 2.45) is 0 Å². The summed E-state index contributed by atoms with van der Waals surface area (Å²) in [5.41, 5.74) is 2.63. The summed E-state index contributed by atoms with van der Waals surface area (Å²) in [6.07, 6.45) is 2.69. The maximum Gasteiger partial charge on any atom is 0.157 e. The van der Waals surface area contributed by atoms with E-state index in [0.29, 0.717) is 6.04 Å². The standard InChI is InChI=1S/C20H21NO2/c1-22-18-11-9-16(10-12-18)14-20(17-6-3-2-4-7-17)21-15-19-8-5-13-23-19/h2-13,20-21H,14-15H2,1H3/p+1/t20-/m1/s1. The Morgan fingerprint density at radius 2 is 1.74 bits per heavy atom. The highest BCUT2D eigenvalue weighted by Crippen LogP contribution is 2.18. The van der Waals surface area contributed by atoms with Crippen LogP contribution in [0.2, 0.25) is 0 Å². The average Bonchev–Trinajstić information content (AvgIpc) is 3.13. The minimum Gasteiger partial charge on any atom is -0.497 e. The molecule has 23 heavy (non-hydrogen) atoms. The van der Waals surface area contributed by atoms with Crippen LogP contribution in [0.1, 0.15) is 22.9 Å². The van der Waals surface area contributed by atoms with E-state index in [4.69, 9.17) is 9.15 Å². The molecular weight excluding hydrogens is 286 g/mol. The Balaban J connectivity index is 1.73. The molecule has 0 saturated carbocycles. The van der Waals surface area contributed by atoms with Gasteiger partial charge in [-0.3, -0.25) is 0 Å². The predicted molar refractivity (Wildman–Crippen MR) is 90.2 cm³/mol. The van der Waals surface area contributed by atoms with E-state index in [0.717, 1.165) is 24.5 Å². The molecule has 0 amide bonds. The summed E-state index contributed by atoms with van der Waals surface area (Å²) in [5, 5.41) is 2.33. The Labute approximate surface area is 136 Å². The molecule has 0 aliphatic heterocycles. The van der Waals surface area contributed by atoms with Crippen molar-refractivity contribution < 1.29 is 14.5 Å². The molecule has 3 rings (SSSR count). The topological polar surface area (TPSA) is 39.0 Å². The monoisotopic (exact) mass is 308 g/mol. The molecule has 0 aliphatic carbocycles. The van der Waals surface area contributed by atoms with Crippen molar-refractivity contribution >= 4 is 0 Å². The number of furan rings is 1. The molecule has 3 nitrogen and oxygen atoms in total. The molecule has 0 radical (unpaired) electrons. The number of quaternary nitrogens is 1. The van der Waals surface area contributed by atoms with Crippen LogP contribution in [0.15, 0.2) is 77.4 Å². The minimum atomic E-state index is 0.356. The number of rotatable bonds is 7. The van der Waals surface area contributed by atoms with Gasteiger partial charge in [0.1, 0.15) is 18.3 Å². The highest BCUT2D eigenvalue weighted by molar-refractivity contribution is 5.29. The first-order valence-electron chi connectivity index (χ1n) is 7.89. The SMILES string of the molecule is COc1ccc(C[C@@H]([NH2+]Cc2ccco2)c2ccccc2)cc1. The van der Waals surface area contributed by atoms with Crippen LogP contribution in [0.25, 0.3) is 0 Å². The predicted octanol–water partition coefficient (Wildman–Crippen LogP) is 3.34. The van der Waals surface area contributed by atoms with Gasteiger partial charge in [0.25, 0.3) is 0 Å². The summed E-state index contributed by atoms with van der Waals surface area (Å²) in [6.45, 7) is 0.836. The van der Waals surface area contributed by atoms with Crippen LogP contribution in [0.5, 0.6) is 5.75 Å². The van der Waals surface area contributed by atoms with Gasteiger partial charge in [-0.05, 0) is 29.8 Å². The largest absolute Gasteiger partial charge is 0.497 e. The van der Waals surface area contributed by atoms with E-state index in [1.807, 2.05) is 24.3 Å². The minimum absolute atomic E-state index is 0.356. The Morgan fingerprint density at radius 3 is 2.39 bits per heavy atom. The molecule has 0 fully saturated rings. The van der Waals surface area contributed by atoms with Crippen LogP contribution in [0, 0.1) is 0 Å². The third-order valence-electron chi connectivity index (χ3n) is 4.03. The molecule has 1 atom stereocenters. The van der Waals surface area contributed by atoms with Gasteiger partial charge >= 0.3 is 0 Å². The maximum absolute atomic E-state index is 5.45. The first-order valence-corrected chi connectivity index (χ1v) is 7.89. The van der Waals surface area contributed by atoms with Crippen molar-refractivity contribution in [3.63, 3.8) is 0 Å². The van der Waals surface area contributed by atoms with Crippen molar-refractivity contribution in [1.29, 1.82) is 0 Å². The first-order chi connectivity index (χ1) is 11.3. The van der Waals surface area contributed by atoms with Crippen molar-refractivity contribution in [2.75, 3.05) is 7.11 Å². The molecule has 0 bridgehead atoms. The highest BCUT2D eigenvalue weighted by Gasteiger charge is 2.16. The molecule has 118 valence electrons. The summed E-state index contributed by atoms with van der Waals surface area (Å²) in [4.78, 5) is 0. The lowest BCUT2D eigenvalue weighted by Gasteiger charge is -2.16. The molecule has 3 aromatic rings. The maximum atomic E-state index is 5.45. The van der Waals surface area contributed by atoms with Crippen molar-refractivity contribution in [1.82, 2.24) is 0 Å². The van der Waals surface area contributed by atoms with Gasteiger partial charge in [0.05, 0.1) is 13.4 Å². The Bertz CT molecular complexity index is 690. The normalized spacial score (nSPS) is 12.0. The lowest BCUT2D eigenvalue weighted by Crippen LogP contribution is -2.84. The molecule has 3 heteroatoms. The van der Waals surface area contributed by atoms with E-state index in [1.54, 1.807) is 13.4 Å². The third-order valence-corrected chi connectivity index (χ3v) is 4.03. The van der Waals surface area contributed by atoms with Gasteiger partial charge in [-0.25, -0.2) is 0 Å². The van der Waals surface area contributed by atoms with Gasteiger partial charge in [-0.1, -0.05) is 42.5 Å². The fraction of sp³-hybridized carbons (Fsp3) is 0.200. The zero-order valence-corrected chi connectivity index (χ0v) is 13.3. The van der Waals surface area contributed by atoms with E-state index in [9.17, 15) is 0 Å². The summed E-state index contributed by atoms with van der Waals surface area (Å²) in [5.74, 6) is 1.89. The number of hydrogen-bond donors (Lipinski definition) is 1. The zero-order valence-electron chi connectivity index (χ0n) is 13.3. The number of ether oxygens (including phenoxy) is 1. The summed E-state index contributed by atoms with van der Waals surface area (Å²) in [7, 11) is 1.69. The summed E-state index contributed by atoms with van der Waals surface area (Å²) in [6, 6.07) is 23.2. The zero-order chi connectivity index (χ0) is 15.9.